The minimum absolute atomic E-state index is 0.0214. The topological polar surface area (TPSA) is 77.5 Å². The quantitative estimate of drug-likeness (QED) is 0.735. The van der Waals surface area contributed by atoms with Gasteiger partial charge in [0, 0.05) is 57.5 Å². The van der Waals surface area contributed by atoms with E-state index in [9.17, 15) is 4.79 Å². The molecule has 1 N–H and O–H groups in total. The van der Waals surface area contributed by atoms with Gasteiger partial charge in [-0.2, -0.15) is 0 Å². The van der Waals surface area contributed by atoms with E-state index in [1.165, 1.54) is 0 Å². The fraction of sp³-hybridized carbons (Fsp3) is 0.474. The Morgan fingerprint density at radius 1 is 1.15 bits per heavy atom. The third kappa shape index (κ3) is 5.37. The second-order valence-electron chi connectivity index (χ2n) is 6.87. The van der Waals surface area contributed by atoms with E-state index in [0.717, 1.165) is 44.2 Å². The van der Waals surface area contributed by atoms with Crippen molar-refractivity contribution in [3.05, 3.63) is 42.5 Å². The van der Waals surface area contributed by atoms with Crippen LogP contribution in [0.4, 0.5) is 11.6 Å². The SMILES string of the molecule is CN(C)CCCNc1cncc(C(=O)N2CCN(c3ncccn3)CC2)c1. The van der Waals surface area contributed by atoms with Gasteiger partial charge in [0.15, 0.2) is 0 Å². The Balaban J connectivity index is 1.53. The predicted molar refractivity (Wildman–Crippen MR) is 106 cm³/mol. The van der Waals surface area contributed by atoms with Crippen LogP contribution in [0.25, 0.3) is 0 Å². The van der Waals surface area contributed by atoms with E-state index in [4.69, 9.17) is 0 Å². The number of pyridine rings is 1. The number of aromatic nitrogens is 3. The fourth-order valence-electron chi connectivity index (χ4n) is 3.03. The van der Waals surface area contributed by atoms with E-state index in [0.29, 0.717) is 18.7 Å². The summed E-state index contributed by atoms with van der Waals surface area (Å²) in [5, 5.41) is 3.34. The van der Waals surface area contributed by atoms with Crippen LogP contribution in [0.5, 0.6) is 0 Å². The Hall–Kier alpha value is -2.74. The largest absolute Gasteiger partial charge is 0.384 e. The van der Waals surface area contributed by atoms with Gasteiger partial charge in [-0.05, 0) is 39.2 Å². The summed E-state index contributed by atoms with van der Waals surface area (Å²) < 4.78 is 0. The molecule has 8 nitrogen and oxygen atoms in total. The summed E-state index contributed by atoms with van der Waals surface area (Å²) in [6.45, 7) is 4.63. The smallest absolute Gasteiger partial charge is 0.255 e. The molecule has 2 aromatic rings. The van der Waals surface area contributed by atoms with Gasteiger partial charge in [0.1, 0.15) is 0 Å². The first-order valence-corrected chi connectivity index (χ1v) is 9.28. The van der Waals surface area contributed by atoms with Gasteiger partial charge in [0.05, 0.1) is 11.3 Å². The molecule has 0 radical (unpaired) electrons. The van der Waals surface area contributed by atoms with Gasteiger partial charge in [-0.3, -0.25) is 9.78 Å². The van der Waals surface area contributed by atoms with Gasteiger partial charge in [-0.25, -0.2) is 9.97 Å². The van der Waals surface area contributed by atoms with Crippen molar-refractivity contribution >= 4 is 17.5 Å². The van der Waals surface area contributed by atoms with Crippen molar-refractivity contribution in [3.63, 3.8) is 0 Å². The molecule has 0 bridgehead atoms. The molecule has 0 atom stereocenters. The Morgan fingerprint density at radius 2 is 1.89 bits per heavy atom. The summed E-state index contributed by atoms with van der Waals surface area (Å²) in [7, 11) is 4.12. The zero-order valence-corrected chi connectivity index (χ0v) is 16.0. The van der Waals surface area contributed by atoms with Crippen molar-refractivity contribution in [3.8, 4) is 0 Å². The molecule has 144 valence electrons. The van der Waals surface area contributed by atoms with E-state index in [1.54, 1.807) is 30.9 Å². The van der Waals surface area contributed by atoms with Gasteiger partial charge >= 0.3 is 0 Å². The van der Waals surface area contributed by atoms with E-state index in [-0.39, 0.29) is 5.91 Å². The predicted octanol–water partition coefficient (Wildman–Crippen LogP) is 1.20. The molecule has 1 fully saturated rings. The first-order valence-electron chi connectivity index (χ1n) is 9.28. The fourth-order valence-corrected chi connectivity index (χ4v) is 3.03. The number of anilines is 2. The maximum absolute atomic E-state index is 12.8. The summed E-state index contributed by atoms with van der Waals surface area (Å²) in [5.74, 6) is 0.739. The van der Waals surface area contributed by atoms with Gasteiger partial charge < -0.3 is 20.0 Å². The lowest BCUT2D eigenvalue weighted by Crippen LogP contribution is -2.49. The van der Waals surface area contributed by atoms with Crippen LogP contribution in [0, 0.1) is 0 Å². The number of nitrogens with one attached hydrogen (secondary N) is 1. The zero-order valence-electron chi connectivity index (χ0n) is 16.0. The van der Waals surface area contributed by atoms with Crippen LogP contribution in [0.1, 0.15) is 16.8 Å². The Kier molecular flexibility index (Phi) is 6.54. The molecule has 1 amide bonds. The van der Waals surface area contributed by atoms with Crippen molar-refractivity contribution < 1.29 is 4.79 Å². The van der Waals surface area contributed by atoms with Crippen LogP contribution >= 0.6 is 0 Å². The highest BCUT2D eigenvalue weighted by Crippen LogP contribution is 2.14. The highest BCUT2D eigenvalue weighted by molar-refractivity contribution is 5.94. The lowest BCUT2D eigenvalue weighted by molar-refractivity contribution is 0.0746. The number of rotatable bonds is 7. The van der Waals surface area contributed by atoms with Crippen LogP contribution in [0.3, 0.4) is 0 Å². The summed E-state index contributed by atoms with van der Waals surface area (Å²) in [5.41, 5.74) is 1.51. The number of nitrogens with zero attached hydrogens (tertiary/aromatic N) is 6. The molecular weight excluding hydrogens is 342 g/mol. The molecular formula is C19H27N7O. The standard InChI is InChI=1S/C19H27N7O/c1-24(2)8-4-7-21-17-13-16(14-20-15-17)18(27)25-9-11-26(12-10-25)19-22-5-3-6-23-19/h3,5-6,13-15,21H,4,7-12H2,1-2H3. The molecule has 1 aliphatic heterocycles. The third-order valence-corrected chi connectivity index (χ3v) is 4.50. The van der Waals surface area contributed by atoms with Crippen LogP contribution < -0.4 is 10.2 Å². The number of carbonyl (C=O) groups is 1. The maximum Gasteiger partial charge on any atom is 0.255 e. The molecule has 1 saturated heterocycles. The average molecular weight is 369 g/mol. The summed E-state index contributed by atoms with van der Waals surface area (Å²) in [6.07, 6.45) is 7.91. The summed E-state index contributed by atoms with van der Waals surface area (Å²) in [4.78, 5) is 31.7. The Morgan fingerprint density at radius 3 is 2.59 bits per heavy atom. The van der Waals surface area contributed by atoms with Gasteiger partial charge in [-0.15, -0.1) is 0 Å². The van der Waals surface area contributed by atoms with Gasteiger partial charge in [0.25, 0.3) is 5.91 Å². The molecule has 0 unspecified atom stereocenters. The second-order valence-corrected chi connectivity index (χ2v) is 6.87. The van der Waals surface area contributed by atoms with Gasteiger partial charge in [0.2, 0.25) is 5.95 Å². The van der Waals surface area contributed by atoms with Gasteiger partial charge in [-0.1, -0.05) is 0 Å². The molecule has 3 heterocycles. The van der Waals surface area contributed by atoms with E-state index < -0.39 is 0 Å². The van der Waals surface area contributed by atoms with Crippen LogP contribution in [-0.4, -0.2) is 84.0 Å². The third-order valence-electron chi connectivity index (χ3n) is 4.50. The van der Waals surface area contributed by atoms with Crippen molar-refractivity contribution in [2.45, 2.75) is 6.42 Å². The number of amides is 1. The summed E-state index contributed by atoms with van der Waals surface area (Å²) in [6, 6.07) is 3.69. The molecule has 3 rings (SSSR count). The number of piperazine rings is 1. The highest BCUT2D eigenvalue weighted by Gasteiger charge is 2.23. The first kappa shape index (κ1) is 19.0. The number of hydrogen-bond acceptors (Lipinski definition) is 7. The molecule has 0 aromatic carbocycles. The minimum Gasteiger partial charge on any atom is -0.384 e. The average Bonchev–Trinajstić information content (AvgIpc) is 2.71. The normalized spacial score (nSPS) is 14.5. The molecule has 0 saturated carbocycles. The Bertz CT molecular complexity index is 730. The maximum atomic E-state index is 12.8. The minimum atomic E-state index is 0.0214. The lowest BCUT2D eigenvalue weighted by atomic mass is 10.2. The Labute approximate surface area is 160 Å². The van der Waals surface area contributed by atoms with Crippen molar-refractivity contribution in [2.75, 3.05) is 63.6 Å². The summed E-state index contributed by atoms with van der Waals surface area (Å²) >= 11 is 0. The highest BCUT2D eigenvalue weighted by atomic mass is 16.2. The van der Waals surface area contributed by atoms with E-state index in [2.05, 4.69) is 44.2 Å². The van der Waals surface area contributed by atoms with Crippen molar-refractivity contribution in [2.24, 2.45) is 0 Å². The molecule has 1 aliphatic rings. The lowest BCUT2D eigenvalue weighted by Gasteiger charge is -2.34. The molecule has 27 heavy (non-hydrogen) atoms. The van der Waals surface area contributed by atoms with E-state index in [1.807, 2.05) is 11.0 Å². The molecule has 2 aromatic heterocycles. The zero-order chi connectivity index (χ0) is 19.1. The van der Waals surface area contributed by atoms with Crippen molar-refractivity contribution in [1.29, 1.82) is 0 Å². The van der Waals surface area contributed by atoms with Crippen LogP contribution in [-0.2, 0) is 0 Å². The molecule has 0 aliphatic carbocycles. The second kappa shape index (κ2) is 9.27. The molecule has 0 spiro atoms. The van der Waals surface area contributed by atoms with E-state index >= 15 is 0 Å². The number of carbonyl (C=O) groups excluding carboxylic acids is 1. The van der Waals surface area contributed by atoms with Crippen molar-refractivity contribution in [1.82, 2.24) is 24.8 Å². The monoisotopic (exact) mass is 369 g/mol. The van der Waals surface area contributed by atoms with Crippen LogP contribution in [0.2, 0.25) is 0 Å². The first-order chi connectivity index (χ1) is 13.1. The molecule has 8 heteroatoms. The number of hydrogen-bond donors (Lipinski definition) is 1. The van der Waals surface area contributed by atoms with Crippen LogP contribution in [0.15, 0.2) is 36.9 Å².